The van der Waals surface area contributed by atoms with Crippen molar-refractivity contribution in [2.45, 2.75) is 31.9 Å². The van der Waals surface area contributed by atoms with Crippen LogP contribution in [0.1, 0.15) is 35.2 Å². The van der Waals surface area contributed by atoms with Gasteiger partial charge >= 0.3 is 18.2 Å². The maximum atomic E-state index is 13.1. The Morgan fingerprint density at radius 1 is 1.05 bits per heavy atom. The maximum absolute atomic E-state index is 13.1. The zero-order valence-electron chi connectivity index (χ0n) is 20.3. The number of likely N-dealkylation sites (tertiary alicyclic amines) is 1. The van der Waals surface area contributed by atoms with Crippen LogP contribution in [0.2, 0.25) is 5.02 Å². The Morgan fingerprint density at radius 2 is 1.74 bits per heavy atom. The maximum Gasteiger partial charge on any atom is 0.493 e. The van der Waals surface area contributed by atoms with E-state index in [0.717, 1.165) is 19.3 Å². The van der Waals surface area contributed by atoms with Gasteiger partial charge in [0, 0.05) is 30.1 Å². The summed E-state index contributed by atoms with van der Waals surface area (Å²) in [6, 6.07) is 13.3. The summed E-state index contributed by atoms with van der Waals surface area (Å²) in [6.07, 6.45) is -2.50. The number of hydrogen-bond donors (Lipinski definition) is 1. The first-order chi connectivity index (χ1) is 18.0. The highest BCUT2D eigenvalue weighted by molar-refractivity contribution is 6.31. The molecule has 3 rings (SSSR count). The third kappa shape index (κ3) is 8.80. The molecule has 2 aromatic rings. The number of piperidine rings is 1. The Balaban J connectivity index is 1.46. The number of halogens is 4. The van der Waals surface area contributed by atoms with Crippen molar-refractivity contribution in [3.8, 4) is 5.75 Å². The van der Waals surface area contributed by atoms with Crippen LogP contribution in [0, 0.1) is 5.92 Å². The lowest BCUT2D eigenvalue weighted by Gasteiger charge is -2.32. The van der Waals surface area contributed by atoms with Crippen LogP contribution in [-0.2, 0) is 20.9 Å². The summed E-state index contributed by atoms with van der Waals surface area (Å²) in [4.78, 5) is 45.2. The van der Waals surface area contributed by atoms with Gasteiger partial charge in [-0.05, 0) is 54.2 Å². The molecule has 0 atom stereocenters. The van der Waals surface area contributed by atoms with Crippen molar-refractivity contribution < 1.29 is 42.0 Å². The largest absolute Gasteiger partial charge is 0.493 e. The Morgan fingerprint density at radius 3 is 2.37 bits per heavy atom. The van der Waals surface area contributed by atoms with Gasteiger partial charge in [-0.2, -0.15) is 13.2 Å². The van der Waals surface area contributed by atoms with Crippen LogP contribution in [0.5, 0.6) is 5.75 Å². The third-order valence-electron chi connectivity index (χ3n) is 5.73. The number of nitrogens with two attached hydrogens (primary N) is 1. The van der Waals surface area contributed by atoms with Gasteiger partial charge in [0.05, 0.1) is 13.2 Å². The SMILES string of the molecule is NC(=O)N(OCCCOc1cc(Cl)cc(C(=O)N2CCC(Cc3ccccc3)CC2)c1)OC(=O)C(F)(F)F. The van der Waals surface area contributed by atoms with Gasteiger partial charge in [-0.3, -0.25) is 4.79 Å². The minimum atomic E-state index is -5.33. The van der Waals surface area contributed by atoms with E-state index in [2.05, 4.69) is 21.8 Å². The van der Waals surface area contributed by atoms with E-state index < -0.39 is 18.2 Å². The second-order valence-corrected chi connectivity index (χ2v) is 9.04. The molecule has 1 heterocycles. The molecule has 13 heteroatoms. The minimum Gasteiger partial charge on any atom is -0.493 e. The molecule has 3 amide bonds. The molecule has 0 saturated carbocycles. The van der Waals surface area contributed by atoms with Gasteiger partial charge in [-0.15, -0.1) is 0 Å². The fraction of sp³-hybridized carbons (Fsp3) is 0.400. The number of rotatable bonds is 9. The molecule has 0 aromatic heterocycles. The van der Waals surface area contributed by atoms with Crippen LogP contribution < -0.4 is 10.5 Å². The molecular weight excluding hydrogens is 531 g/mol. The molecule has 206 valence electrons. The Hall–Kier alpha value is -3.51. The van der Waals surface area contributed by atoms with Crippen LogP contribution in [0.25, 0.3) is 0 Å². The van der Waals surface area contributed by atoms with Crippen LogP contribution in [0.15, 0.2) is 48.5 Å². The van der Waals surface area contributed by atoms with Gasteiger partial charge in [0.25, 0.3) is 5.91 Å². The van der Waals surface area contributed by atoms with Crippen LogP contribution in [-0.4, -0.2) is 60.5 Å². The fourth-order valence-electron chi connectivity index (χ4n) is 3.90. The number of carbonyl (C=O) groups excluding carboxylic acids is 3. The van der Waals surface area contributed by atoms with Gasteiger partial charge < -0.3 is 20.2 Å². The number of alkyl halides is 3. The van der Waals surface area contributed by atoms with E-state index in [1.54, 1.807) is 17.0 Å². The second kappa shape index (κ2) is 13.3. The van der Waals surface area contributed by atoms with E-state index in [9.17, 15) is 27.6 Å². The number of hydroxylamine groups is 2. The fourth-order valence-corrected chi connectivity index (χ4v) is 4.12. The van der Waals surface area contributed by atoms with Crippen molar-refractivity contribution in [1.82, 2.24) is 10.1 Å². The van der Waals surface area contributed by atoms with Crippen molar-refractivity contribution in [2.24, 2.45) is 11.7 Å². The van der Waals surface area contributed by atoms with Crippen LogP contribution in [0.3, 0.4) is 0 Å². The van der Waals surface area contributed by atoms with E-state index in [1.807, 2.05) is 18.2 Å². The van der Waals surface area contributed by atoms with Gasteiger partial charge in [-0.25, -0.2) is 14.4 Å². The van der Waals surface area contributed by atoms with Crippen molar-refractivity contribution in [3.63, 3.8) is 0 Å². The van der Waals surface area contributed by atoms with Crippen molar-refractivity contribution in [2.75, 3.05) is 26.3 Å². The quantitative estimate of drug-likeness (QED) is 0.358. The van der Waals surface area contributed by atoms with E-state index in [0.29, 0.717) is 35.3 Å². The lowest BCUT2D eigenvalue weighted by Crippen LogP contribution is -2.41. The Labute approximate surface area is 222 Å². The number of nitrogens with zero attached hydrogens (tertiary/aromatic N) is 2. The first-order valence-electron chi connectivity index (χ1n) is 11.8. The van der Waals surface area contributed by atoms with E-state index in [-0.39, 0.29) is 30.8 Å². The third-order valence-corrected chi connectivity index (χ3v) is 5.95. The second-order valence-electron chi connectivity index (χ2n) is 8.61. The molecule has 1 aliphatic rings. The summed E-state index contributed by atoms with van der Waals surface area (Å²) in [5.74, 6) is -2.02. The van der Waals surface area contributed by atoms with E-state index in [1.165, 1.54) is 11.6 Å². The molecule has 1 aliphatic heterocycles. The zero-order chi connectivity index (χ0) is 27.7. The standard InChI is InChI=1S/C25H27ClF3N3O6/c26-20-14-19(22(33)31-9-7-18(8-10-31)13-17-5-2-1-3-6-17)15-21(16-20)36-11-4-12-37-32(24(30)35)38-23(34)25(27,28)29/h1-3,5-6,14-16,18H,4,7-13H2,(H2,30,35). The van der Waals surface area contributed by atoms with Crippen molar-refractivity contribution in [3.05, 3.63) is 64.7 Å². The average molecular weight is 558 g/mol. The molecule has 0 spiro atoms. The smallest absolute Gasteiger partial charge is 0.493 e. The van der Waals surface area contributed by atoms with Crippen molar-refractivity contribution >= 4 is 29.5 Å². The highest BCUT2D eigenvalue weighted by Crippen LogP contribution is 2.26. The number of primary amides is 1. The first kappa shape index (κ1) is 29.1. The predicted molar refractivity (Wildman–Crippen MR) is 130 cm³/mol. The summed E-state index contributed by atoms with van der Waals surface area (Å²) >= 11 is 6.17. The molecule has 2 aromatic carbocycles. The average Bonchev–Trinajstić information content (AvgIpc) is 2.87. The van der Waals surface area contributed by atoms with Gasteiger partial charge in [0.15, 0.2) is 0 Å². The number of amides is 3. The monoisotopic (exact) mass is 557 g/mol. The van der Waals surface area contributed by atoms with Crippen LogP contribution >= 0.6 is 11.6 Å². The summed E-state index contributed by atoms with van der Waals surface area (Å²) in [7, 11) is 0. The highest BCUT2D eigenvalue weighted by Gasteiger charge is 2.43. The number of hydrogen-bond acceptors (Lipinski definition) is 6. The van der Waals surface area contributed by atoms with E-state index in [4.69, 9.17) is 22.1 Å². The summed E-state index contributed by atoms with van der Waals surface area (Å²) in [6.45, 7) is 0.883. The lowest BCUT2D eigenvalue weighted by atomic mass is 9.90. The molecular formula is C25H27ClF3N3O6. The summed E-state index contributed by atoms with van der Waals surface area (Å²) in [5, 5.41) is -0.0605. The Kier molecular flexibility index (Phi) is 10.2. The number of benzene rings is 2. The molecule has 1 saturated heterocycles. The molecule has 1 fully saturated rings. The first-order valence-corrected chi connectivity index (χ1v) is 12.2. The molecule has 2 N–H and O–H groups in total. The van der Waals surface area contributed by atoms with Crippen molar-refractivity contribution in [1.29, 1.82) is 0 Å². The topological polar surface area (TPSA) is 111 Å². The molecule has 0 radical (unpaired) electrons. The lowest BCUT2D eigenvalue weighted by molar-refractivity contribution is -0.323. The predicted octanol–water partition coefficient (Wildman–Crippen LogP) is 4.54. The molecule has 0 unspecified atom stereocenters. The molecule has 0 bridgehead atoms. The van der Waals surface area contributed by atoms with Gasteiger partial charge in [-0.1, -0.05) is 41.9 Å². The molecule has 38 heavy (non-hydrogen) atoms. The summed E-state index contributed by atoms with van der Waals surface area (Å²) in [5.41, 5.74) is 6.48. The molecule has 0 aliphatic carbocycles. The number of urea groups is 1. The van der Waals surface area contributed by atoms with Gasteiger partial charge in [0.2, 0.25) is 0 Å². The highest BCUT2D eigenvalue weighted by atomic mass is 35.5. The number of ether oxygens (including phenoxy) is 1. The normalized spacial score (nSPS) is 14.2. The number of carbonyl (C=O) groups is 3. The molecule has 9 nitrogen and oxygen atoms in total. The van der Waals surface area contributed by atoms with Gasteiger partial charge in [0.1, 0.15) is 5.75 Å². The van der Waals surface area contributed by atoms with E-state index >= 15 is 0 Å². The summed E-state index contributed by atoms with van der Waals surface area (Å²) < 4.78 is 42.4. The minimum absolute atomic E-state index is 0.0152. The van der Waals surface area contributed by atoms with Crippen LogP contribution in [0.4, 0.5) is 18.0 Å². The Bertz CT molecular complexity index is 1110. The zero-order valence-corrected chi connectivity index (χ0v) is 21.0.